The summed E-state index contributed by atoms with van der Waals surface area (Å²) in [5, 5.41) is 3.21. The van der Waals surface area contributed by atoms with E-state index < -0.39 is 0 Å². The molecule has 0 aliphatic heterocycles. The molecule has 0 spiro atoms. The summed E-state index contributed by atoms with van der Waals surface area (Å²) in [7, 11) is 0. The van der Waals surface area contributed by atoms with Gasteiger partial charge in [-0.15, -0.1) is 0 Å². The van der Waals surface area contributed by atoms with Gasteiger partial charge in [-0.25, -0.2) is 0 Å². The second-order valence-electron chi connectivity index (χ2n) is 8.10. The average molecular weight is 358 g/mol. The van der Waals surface area contributed by atoms with Gasteiger partial charge in [-0.3, -0.25) is 9.78 Å². The Labute approximate surface area is 161 Å². The topological polar surface area (TPSA) is 42.0 Å². The molecule has 0 saturated heterocycles. The predicted octanol–water partition coefficient (Wildman–Crippen LogP) is 4.57. The van der Waals surface area contributed by atoms with Crippen LogP contribution >= 0.6 is 0 Å². The van der Waals surface area contributed by atoms with Gasteiger partial charge in [-0.1, -0.05) is 37.5 Å². The van der Waals surface area contributed by atoms with Crippen LogP contribution in [-0.4, -0.2) is 17.4 Å². The van der Waals surface area contributed by atoms with Crippen molar-refractivity contribution in [3.63, 3.8) is 0 Å². The standard InChI is InChI=1S/C24H26N2O/c27-23(26-18-24(13-1-2-14-24)17-21-5-6-21)22-9-7-19(8-10-22)3-4-20-11-15-25-16-12-20/h7-12,15-16,21H,1-2,5-6,13-14,17-18H2,(H,26,27). The van der Waals surface area contributed by atoms with E-state index in [0.717, 1.165) is 23.6 Å². The summed E-state index contributed by atoms with van der Waals surface area (Å²) in [5.41, 5.74) is 2.91. The number of pyridine rings is 1. The summed E-state index contributed by atoms with van der Waals surface area (Å²) in [6, 6.07) is 11.3. The Morgan fingerprint density at radius 3 is 2.26 bits per heavy atom. The lowest BCUT2D eigenvalue weighted by Gasteiger charge is -2.29. The molecule has 1 heterocycles. The molecular formula is C24H26N2O. The van der Waals surface area contributed by atoms with Crippen molar-refractivity contribution >= 4 is 5.91 Å². The fourth-order valence-corrected chi connectivity index (χ4v) is 4.17. The van der Waals surface area contributed by atoms with Crippen LogP contribution in [-0.2, 0) is 0 Å². The fourth-order valence-electron chi connectivity index (χ4n) is 4.17. The van der Waals surface area contributed by atoms with E-state index in [1.807, 2.05) is 36.4 Å². The third kappa shape index (κ3) is 4.77. The summed E-state index contributed by atoms with van der Waals surface area (Å²) < 4.78 is 0. The van der Waals surface area contributed by atoms with Crippen LogP contribution in [0.5, 0.6) is 0 Å². The normalized spacial score (nSPS) is 17.8. The van der Waals surface area contributed by atoms with Gasteiger partial charge in [0.15, 0.2) is 0 Å². The first kappa shape index (κ1) is 17.8. The molecule has 3 heteroatoms. The van der Waals surface area contributed by atoms with Crippen LogP contribution in [0, 0.1) is 23.2 Å². The van der Waals surface area contributed by atoms with Gasteiger partial charge in [0.1, 0.15) is 0 Å². The molecule has 4 rings (SSSR count). The number of carbonyl (C=O) groups excluding carboxylic acids is 1. The maximum Gasteiger partial charge on any atom is 0.251 e. The average Bonchev–Trinajstić information content (AvgIpc) is 3.40. The highest BCUT2D eigenvalue weighted by molar-refractivity contribution is 5.94. The van der Waals surface area contributed by atoms with Gasteiger partial charge in [0, 0.05) is 35.6 Å². The number of carbonyl (C=O) groups is 1. The lowest BCUT2D eigenvalue weighted by Crippen LogP contribution is -2.36. The Hall–Kier alpha value is -2.60. The molecule has 2 saturated carbocycles. The molecule has 27 heavy (non-hydrogen) atoms. The maximum absolute atomic E-state index is 12.6. The summed E-state index contributed by atoms with van der Waals surface area (Å²) >= 11 is 0. The van der Waals surface area contributed by atoms with Crippen LogP contribution in [0.2, 0.25) is 0 Å². The summed E-state index contributed by atoms with van der Waals surface area (Å²) in [5.74, 6) is 7.19. The van der Waals surface area contributed by atoms with Crippen molar-refractivity contribution in [2.45, 2.75) is 44.9 Å². The molecule has 0 bridgehead atoms. The lowest BCUT2D eigenvalue weighted by molar-refractivity contribution is 0.0925. The summed E-state index contributed by atoms with van der Waals surface area (Å²) in [4.78, 5) is 16.6. The van der Waals surface area contributed by atoms with Gasteiger partial charge < -0.3 is 5.32 Å². The molecule has 1 aromatic carbocycles. The molecule has 1 N–H and O–H groups in total. The van der Waals surface area contributed by atoms with E-state index in [0.29, 0.717) is 11.0 Å². The van der Waals surface area contributed by atoms with Crippen LogP contribution in [0.3, 0.4) is 0 Å². The first-order valence-corrected chi connectivity index (χ1v) is 10.0. The van der Waals surface area contributed by atoms with Crippen molar-refractivity contribution in [1.29, 1.82) is 0 Å². The van der Waals surface area contributed by atoms with Crippen molar-refractivity contribution in [2.24, 2.45) is 11.3 Å². The molecule has 2 aliphatic carbocycles. The van der Waals surface area contributed by atoms with Crippen molar-refractivity contribution in [3.05, 3.63) is 65.5 Å². The quantitative estimate of drug-likeness (QED) is 0.796. The zero-order valence-corrected chi connectivity index (χ0v) is 15.7. The minimum atomic E-state index is 0.0331. The molecule has 1 amide bonds. The Morgan fingerprint density at radius 1 is 1.00 bits per heavy atom. The van der Waals surface area contributed by atoms with Crippen LogP contribution in [0.25, 0.3) is 0 Å². The van der Waals surface area contributed by atoms with Crippen LogP contribution in [0.1, 0.15) is 66.4 Å². The summed E-state index contributed by atoms with van der Waals surface area (Å²) in [6.45, 7) is 0.825. The van der Waals surface area contributed by atoms with Crippen LogP contribution < -0.4 is 5.32 Å². The highest BCUT2D eigenvalue weighted by atomic mass is 16.1. The first-order chi connectivity index (χ1) is 13.2. The number of aromatic nitrogens is 1. The van der Waals surface area contributed by atoms with Gasteiger partial charge in [0.25, 0.3) is 5.91 Å². The number of hydrogen-bond donors (Lipinski definition) is 1. The van der Waals surface area contributed by atoms with Gasteiger partial charge >= 0.3 is 0 Å². The molecular weight excluding hydrogens is 332 g/mol. The maximum atomic E-state index is 12.6. The molecule has 2 fully saturated rings. The molecule has 138 valence electrons. The zero-order chi connectivity index (χ0) is 18.5. The van der Waals surface area contributed by atoms with Crippen molar-refractivity contribution in [2.75, 3.05) is 6.54 Å². The second-order valence-corrected chi connectivity index (χ2v) is 8.10. The Bertz CT molecular complexity index is 835. The predicted molar refractivity (Wildman–Crippen MR) is 107 cm³/mol. The van der Waals surface area contributed by atoms with Crippen molar-refractivity contribution in [3.8, 4) is 11.8 Å². The zero-order valence-electron chi connectivity index (χ0n) is 15.7. The highest BCUT2D eigenvalue weighted by Crippen LogP contribution is 2.48. The molecule has 0 unspecified atom stereocenters. The van der Waals surface area contributed by atoms with Gasteiger partial charge in [-0.2, -0.15) is 0 Å². The number of nitrogens with zero attached hydrogens (tertiary/aromatic N) is 1. The Morgan fingerprint density at radius 2 is 1.63 bits per heavy atom. The number of rotatable bonds is 5. The van der Waals surface area contributed by atoms with E-state index in [1.165, 1.54) is 44.9 Å². The SMILES string of the molecule is O=C(NCC1(CC2CC2)CCCC1)c1ccc(C#Cc2ccncc2)cc1. The van der Waals surface area contributed by atoms with E-state index in [4.69, 9.17) is 0 Å². The van der Waals surface area contributed by atoms with E-state index in [9.17, 15) is 4.79 Å². The van der Waals surface area contributed by atoms with E-state index in [1.54, 1.807) is 12.4 Å². The lowest BCUT2D eigenvalue weighted by atomic mass is 9.80. The van der Waals surface area contributed by atoms with Crippen LogP contribution in [0.4, 0.5) is 0 Å². The molecule has 3 nitrogen and oxygen atoms in total. The Kier molecular flexibility index (Phi) is 5.25. The van der Waals surface area contributed by atoms with Crippen molar-refractivity contribution < 1.29 is 4.79 Å². The van der Waals surface area contributed by atoms with Crippen LogP contribution in [0.15, 0.2) is 48.8 Å². The van der Waals surface area contributed by atoms with Gasteiger partial charge in [0.05, 0.1) is 0 Å². The van der Waals surface area contributed by atoms with E-state index >= 15 is 0 Å². The minimum Gasteiger partial charge on any atom is -0.351 e. The molecule has 1 aromatic heterocycles. The number of hydrogen-bond acceptors (Lipinski definition) is 2. The summed E-state index contributed by atoms with van der Waals surface area (Å²) in [6.07, 6.45) is 12.7. The largest absolute Gasteiger partial charge is 0.351 e. The molecule has 2 aliphatic rings. The highest BCUT2D eigenvalue weighted by Gasteiger charge is 2.39. The number of amides is 1. The van der Waals surface area contributed by atoms with Gasteiger partial charge in [-0.05, 0) is 67.0 Å². The molecule has 0 radical (unpaired) electrons. The molecule has 2 aromatic rings. The monoisotopic (exact) mass is 358 g/mol. The number of benzene rings is 1. The minimum absolute atomic E-state index is 0.0331. The second kappa shape index (κ2) is 7.96. The first-order valence-electron chi connectivity index (χ1n) is 10.0. The number of nitrogens with one attached hydrogen (secondary N) is 1. The third-order valence-corrected chi connectivity index (χ3v) is 5.89. The van der Waals surface area contributed by atoms with E-state index in [-0.39, 0.29) is 5.91 Å². The van der Waals surface area contributed by atoms with E-state index in [2.05, 4.69) is 22.1 Å². The smallest absolute Gasteiger partial charge is 0.251 e. The van der Waals surface area contributed by atoms with Crippen molar-refractivity contribution in [1.82, 2.24) is 10.3 Å². The fraction of sp³-hybridized carbons (Fsp3) is 0.417. The third-order valence-electron chi connectivity index (χ3n) is 5.89. The molecule has 0 atom stereocenters. The Balaban J connectivity index is 1.35. The van der Waals surface area contributed by atoms with Gasteiger partial charge in [0.2, 0.25) is 0 Å².